The lowest BCUT2D eigenvalue weighted by atomic mass is 10.1. The number of benzene rings is 2. The number of rotatable bonds is 7. The molecule has 2 N–H and O–H groups in total. The average Bonchev–Trinajstić information content (AvgIpc) is 3.51. The summed E-state index contributed by atoms with van der Waals surface area (Å²) in [6, 6.07) is 20.7. The maximum atomic E-state index is 5.29. The van der Waals surface area contributed by atoms with Crippen LogP contribution in [-0.4, -0.2) is 23.1 Å². The molecule has 1 aliphatic rings. The van der Waals surface area contributed by atoms with Gasteiger partial charge in [-0.1, -0.05) is 42.5 Å². The van der Waals surface area contributed by atoms with Gasteiger partial charge >= 0.3 is 0 Å². The van der Waals surface area contributed by atoms with Crippen molar-refractivity contribution in [3.63, 3.8) is 0 Å². The van der Waals surface area contributed by atoms with Gasteiger partial charge in [-0.3, -0.25) is 0 Å². The summed E-state index contributed by atoms with van der Waals surface area (Å²) in [5.74, 6) is 2.35. The minimum atomic E-state index is 0.507. The van der Waals surface area contributed by atoms with Crippen molar-refractivity contribution in [3.05, 3.63) is 66.2 Å². The van der Waals surface area contributed by atoms with E-state index in [0.29, 0.717) is 18.5 Å². The molecule has 0 bridgehead atoms. The SMILES string of the molecule is COc1cccc(CNc2cc(-c3ccccc3)nc(NC3CC3)n2)c1. The Morgan fingerprint density at radius 2 is 1.85 bits per heavy atom. The summed E-state index contributed by atoms with van der Waals surface area (Å²) in [4.78, 5) is 9.32. The van der Waals surface area contributed by atoms with Gasteiger partial charge < -0.3 is 15.4 Å². The molecule has 0 unspecified atom stereocenters. The molecule has 1 fully saturated rings. The van der Waals surface area contributed by atoms with Gasteiger partial charge in [-0.25, -0.2) is 4.98 Å². The van der Waals surface area contributed by atoms with E-state index >= 15 is 0 Å². The molecule has 2 aromatic carbocycles. The summed E-state index contributed by atoms with van der Waals surface area (Å²) in [7, 11) is 1.68. The highest BCUT2D eigenvalue weighted by molar-refractivity contribution is 5.64. The van der Waals surface area contributed by atoms with E-state index in [9.17, 15) is 0 Å². The van der Waals surface area contributed by atoms with Crippen molar-refractivity contribution in [1.29, 1.82) is 0 Å². The first-order valence-corrected chi connectivity index (χ1v) is 8.88. The molecule has 1 saturated carbocycles. The Morgan fingerprint density at radius 1 is 1.00 bits per heavy atom. The maximum absolute atomic E-state index is 5.29. The van der Waals surface area contributed by atoms with Crippen LogP contribution >= 0.6 is 0 Å². The van der Waals surface area contributed by atoms with Gasteiger partial charge in [0.2, 0.25) is 5.95 Å². The third-order valence-electron chi connectivity index (χ3n) is 4.31. The van der Waals surface area contributed by atoms with Crippen LogP contribution in [0, 0.1) is 0 Å². The van der Waals surface area contributed by atoms with E-state index in [4.69, 9.17) is 4.74 Å². The number of aromatic nitrogens is 2. The van der Waals surface area contributed by atoms with Crippen LogP contribution in [0.5, 0.6) is 5.75 Å². The monoisotopic (exact) mass is 346 g/mol. The lowest BCUT2D eigenvalue weighted by molar-refractivity contribution is 0.414. The highest BCUT2D eigenvalue weighted by Gasteiger charge is 2.22. The fourth-order valence-corrected chi connectivity index (χ4v) is 2.74. The van der Waals surface area contributed by atoms with Crippen molar-refractivity contribution in [1.82, 2.24) is 9.97 Å². The van der Waals surface area contributed by atoms with Gasteiger partial charge in [0.1, 0.15) is 11.6 Å². The fourth-order valence-electron chi connectivity index (χ4n) is 2.74. The molecule has 0 atom stereocenters. The Kier molecular flexibility index (Phi) is 4.69. The van der Waals surface area contributed by atoms with Crippen LogP contribution in [0.25, 0.3) is 11.3 Å². The largest absolute Gasteiger partial charge is 0.497 e. The van der Waals surface area contributed by atoms with Crippen LogP contribution < -0.4 is 15.4 Å². The summed E-state index contributed by atoms with van der Waals surface area (Å²) in [5, 5.41) is 6.81. The Balaban J connectivity index is 1.57. The first-order valence-electron chi connectivity index (χ1n) is 8.88. The molecule has 1 heterocycles. The second-order valence-electron chi connectivity index (χ2n) is 6.45. The molecule has 26 heavy (non-hydrogen) atoms. The quantitative estimate of drug-likeness (QED) is 0.666. The number of methoxy groups -OCH3 is 1. The topological polar surface area (TPSA) is 59.1 Å². The maximum Gasteiger partial charge on any atom is 0.225 e. The van der Waals surface area contributed by atoms with Gasteiger partial charge in [0.05, 0.1) is 12.8 Å². The minimum absolute atomic E-state index is 0.507. The van der Waals surface area contributed by atoms with Gasteiger partial charge in [0.25, 0.3) is 0 Å². The minimum Gasteiger partial charge on any atom is -0.497 e. The molecule has 5 heteroatoms. The molecule has 3 aromatic rings. The molecule has 0 saturated heterocycles. The number of anilines is 2. The van der Waals surface area contributed by atoms with Crippen molar-refractivity contribution >= 4 is 11.8 Å². The molecule has 5 nitrogen and oxygen atoms in total. The number of hydrogen-bond acceptors (Lipinski definition) is 5. The molecule has 0 amide bonds. The van der Waals surface area contributed by atoms with E-state index in [-0.39, 0.29) is 0 Å². The zero-order valence-corrected chi connectivity index (χ0v) is 14.8. The highest BCUT2D eigenvalue weighted by atomic mass is 16.5. The molecule has 0 radical (unpaired) electrons. The third kappa shape index (κ3) is 4.11. The van der Waals surface area contributed by atoms with E-state index in [1.165, 1.54) is 12.8 Å². The Bertz CT molecular complexity index is 878. The molecule has 4 rings (SSSR count). The molecular weight excluding hydrogens is 324 g/mol. The van der Waals surface area contributed by atoms with Gasteiger partial charge in [-0.2, -0.15) is 4.98 Å². The third-order valence-corrected chi connectivity index (χ3v) is 4.31. The zero-order chi connectivity index (χ0) is 17.8. The summed E-state index contributed by atoms with van der Waals surface area (Å²) in [6.45, 7) is 0.672. The number of nitrogens with one attached hydrogen (secondary N) is 2. The van der Waals surface area contributed by atoms with E-state index in [2.05, 4.69) is 38.8 Å². The molecule has 1 aromatic heterocycles. The van der Waals surface area contributed by atoms with Crippen LogP contribution in [0.3, 0.4) is 0 Å². The normalized spacial score (nSPS) is 13.3. The van der Waals surface area contributed by atoms with Gasteiger partial charge in [-0.05, 0) is 30.5 Å². The summed E-state index contributed by atoms with van der Waals surface area (Å²) in [5.41, 5.74) is 3.14. The molecular formula is C21H22N4O. The average molecular weight is 346 g/mol. The number of ether oxygens (including phenoxy) is 1. The van der Waals surface area contributed by atoms with Gasteiger partial charge in [0.15, 0.2) is 0 Å². The fraction of sp³-hybridized carbons (Fsp3) is 0.238. The van der Waals surface area contributed by atoms with Crippen molar-refractivity contribution in [2.75, 3.05) is 17.7 Å². The van der Waals surface area contributed by atoms with E-state index < -0.39 is 0 Å². The summed E-state index contributed by atoms with van der Waals surface area (Å²) >= 11 is 0. The van der Waals surface area contributed by atoms with Gasteiger partial charge in [-0.15, -0.1) is 0 Å². The smallest absolute Gasteiger partial charge is 0.225 e. The molecule has 1 aliphatic carbocycles. The lowest BCUT2D eigenvalue weighted by Gasteiger charge is -2.12. The van der Waals surface area contributed by atoms with Crippen molar-refractivity contribution in [2.45, 2.75) is 25.4 Å². The number of hydrogen-bond donors (Lipinski definition) is 2. The Hall–Kier alpha value is -3.08. The molecule has 132 valence electrons. The van der Waals surface area contributed by atoms with E-state index in [0.717, 1.165) is 28.4 Å². The second-order valence-corrected chi connectivity index (χ2v) is 6.45. The second kappa shape index (κ2) is 7.44. The van der Waals surface area contributed by atoms with Crippen molar-refractivity contribution < 1.29 is 4.74 Å². The first kappa shape index (κ1) is 16.4. The molecule has 0 aliphatic heterocycles. The Labute approximate surface area is 153 Å². The highest BCUT2D eigenvalue weighted by Crippen LogP contribution is 2.26. The zero-order valence-electron chi connectivity index (χ0n) is 14.8. The van der Waals surface area contributed by atoms with Crippen LogP contribution in [-0.2, 0) is 6.54 Å². The Morgan fingerprint density at radius 3 is 2.62 bits per heavy atom. The van der Waals surface area contributed by atoms with Crippen LogP contribution in [0.2, 0.25) is 0 Å². The van der Waals surface area contributed by atoms with Crippen LogP contribution in [0.1, 0.15) is 18.4 Å². The lowest BCUT2D eigenvalue weighted by Crippen LogP contribution is -2.09. The van der Waals surface area contributed by atoms with Crippen LogP contribution in [0.15, 0.2) is 60.7 Å². The number of nitrogens with zero attached hydrogens (tertiary/aromatic N) is 2. The predicted octanol–water partition coefficient (Wildman–Crippen LogP) is 4.34. The summed E-state index contributed by atoms with van der Waals surface area (Å²) < 4.78 is 5.29. The molecule has 0 spiro atoms. The van der Waals surface area contributed by atoms with E-state index in [1.54, 1.807) is 7.11 Å². The van der Waals surface area contributed by atoms with Crippen LogP contribution in [0.4, 0.5) is 11.8 Å². The van der Waals surface area contributed by atoms with E-state index in [1.807, 2.05) is 42.5 Å². The standard InChI is InChI=1S/C21H22N4O/c1-26-18-9-5-6-15(12-18)14-22-20-13-19(16-7-3-2-4-8-16)24-21(25-20)23-17-10-11-17/h2-9,12-13,17H,10-11,14H2,1H3,(H2,22,23,24,25). The van der Waals surface area contributed by atoms with Crippen molar-refractivity contribution in [2.24, 2.45) is 0 Å². The predicted molar refractivity (Wildman–Crippen MR) is 104 cm³/mol. The van der Waals surface area contributed by atoms with Gasteiger partial charge in [0, 0.05) is 24.2 Å². The summed E-state index contributed by atoms with van der Waals surface area (Å²) in [6.07, 6.45) is 2.37. The first-order chi connectivity index (χ1) is 12.8. The van der Waals surface area contributed by atoms with Crippen molar-refractivity contribution in [3.8, 4) is 17.0 Å².